The standard InChI is InChI=1S/C21H25FN2O5/c1-5-29-21(27)19-13(2)18(14(3)23-19)17(25)12-24(10-11-28-4)20(26)15-6-8-16(22)9-7-15/h6-9,23H,5,10-12H2,1-4H3. The van der Waals surface area contributed by atoms with Crippen LogP contribution in [0, 0.1) is 19.7 Å². The molecule has 0 atom stereocenters. The van der Waals surface area contributed by atoms with Gasteiger partial charge in [0.1, 0.15) is 11.5 Å². The summed E-state index contributed by atoms with van der Waals surface area (Å²) in [5.74, 6) is -1.72. The monoisotopic (exact) mass is 404 g/mol. The van der Waals surface area contributed by atoms with Crippen molar-refractivity contribution in [3.63, 3.8) is 0 Å². The van der Waals surface area contributed by atoms with Gasteiger partial charge in [0, 0.05) is 30.5 Å². The van der Waals surface area contributed by atoms with E-state index in [1.807, 2.05) is 0 Å². The zero-order valence-corrected chi connectivity index (χ0v) is 17.0. The minimum atomic E-state index is -0.536. The van der Waals surface area contributed by atoms with Gasteiger partial charge >= 0.3 is 5.97 Å². The van der Waals surface area contributed by atoms with Gasteiger partial charge in [0.2, 0.25) is 0 Å². The lowest BCUT2D eigenvalue weighted by molar-refractivity contribution is 0.0519. The highest BCUT2D eigenvalue weighted by Crippen LogP contribution is 2.20. The van der Waals surface area contributed by atoms with Crippen molar-refractivity contribution < 1.29 is 28.2 Å². The van der Waals surface area contributed by atoms with E-state index in [-0.39, 0.29) is 43.3 Å². The van der Waals surface area contributed by atoms with Crippen LogP contribution in [0.15, 0.2) is 24.3 Å². The number of aromatic nitrogens is 1. The lowest BCUT2D eigenvalue weighted by Gasteiger charge is -2.22. The van der Waals surface area contributed by atoms with Crippen molar-refractivity contribution in [1.82, 2.24) is 9.88 Å². The topological polar surface area (TPSA) is 88.7 Å². The number of benzene rings is 1. The van der Waals surface area contributed by atoms with Crippen LogP contribution >= 0.6 is 0 Å². The maximum atomic E-state index is 13.2. The average Bonchev–Trinajstić information content (AvgIpc) is 2.99. The normalized spacial score (nSPS) is 10.7. The highest BCUT2D eigenvalue weighted by Gasteiger charge is 2.26. The Morgan fingerprint density at radius 1 is 1.14 bits per heavy atom. The summed E-state index contributed by atoms with van der Waals surface area (Å²) in [5.41, 5.74) is 1.84. The summed E-state index contributed by atoms with van der Waals surface area (Å²) in [6, 6.07) is 5.12. The van der Waals surface area contributed by atoms with Crippen LogP contribution in [0.25, 0.3) is 0 Å². The maximum Gasteiger partial charge on any atom is 0.355 e. The number of ether oxygens (including phenoxy) is 2. The van der Waals surface area contributed by atoms with Crippen molar-refractivity contribution in [2.45, 2.75) is 20.8 Å². The minimum absolute atomic E-state index is 0.186. The molecule has 29 heavy (non-hydrogen) atoms. The van der Waals surface area contributed by atoms with Crippen molar-refractivity contribution in [3.8, 4) is 0 Å². The van der Waals surface area contributed by atoms with Crippen LogP contribution in [-0.4, -0.2) is 61.0 Å². The zero-order valence-electron chi connectivity index (χ0n) is 17.0. The van der Waals surface area contributed by atoms with Gasteiger partial charge in [-0.25, -0.2) is 9.18 Å². The number of amides is 1. The number of halogens is 1. The third-order valence-electron chi connectivity index (χ3n) is 4.47. The Kier molecular flexibility index (Phi) is 7.67. The molecule has 0 saturated heterocycles. The van der Waals surface area contributed by atoms with E-state index in [1.54, 1.807) is 20.8 Å². The summed E-state index contributed by atoms with van der Waals surface area (Å²) in [5, 5.41) is 0. The van der Waals surface area contributed by atoms with Gasteiger partial charge < -0.3 is 19.4 Å². The van der Waals surface area contributed by atoms with Gasteiger partial charge in [0.25, 0.3) is 5.91 Å². The molecule has 0 radical (unpaired) electrons. The first kappa shape index (κ1) is 22.3. The largest absolute Gasteiger partial charge is 0.461 e. The van der Waals surface area contributed by atoms with Gasteiger partial charge in [0.05, 0.1) is 19.8 Å². The minimum Gasteiger partial charge on any atom is -0.461 e. The van der Waals surface area contributed by atoms with Crippen LogP contribution in [-0.2, 0) is 9.47 Å². The lowest BCUT2D eigenvalue weighted by atomic mass is 10.0. The number of nitrogens with zero attached hydrogens (tertiary/aromatic N) is 1. The van der Waals surface area contributed by atoms with Gasteiger partial charge in [-0.1, -0.05) is 0 Å². The molecule has 2 aromatic rings. The van der Waals surface area contributed by atoms with E-state index < -0.39 is 17.7 Å². The number of carbonyl (C=O) groups is 3. The number of methoxy groups -OCH3 is 1. The smallest absolute Gasteiger partial charge is 0.355 e. The molecule has 7 nitrogen and oxygen atoms in total. The van der Waals surface area contributed by atoms with E-state index in [2.05, 4.69) is 4.98 Å². The number of rotatable bonds is 9. The van der Waals surface area contributed by atoms with Crippen molar-refractivity contribution in [3.05, 3.63) is 58.2 Å². The molecule has 1 aromatic carbocycles. The van der Waals surface area contributed by atoms with Gasteiger partial charge in [0.15, 0.2) is 5.78 Å². The number of Topliss-reactive ketones (excluding diaryl/α,β-unsaturated/α-hetero) is 1. The molecule has 1 aromatic heterocycles. The number of hydrogen-bond donors (Lipinski definition) is 1. The fourth-order valence-corrected chi connectivity index (χ4v) is 3.06. The van der Waals surface area contributed by atoms with E-state index >= 15 is 0 Å². The molecule has 0 saturated carbocycles. The summed E-state index contributed by atoms with van der Waals surface area (Å²) in [7, 11) is 1.49. The quantitative estimate of drug-likeness (QED) is 0.513. The molecule has 0 aliphatic rings. The van der Waals surface area contributed by atoms with Crippen LogP contribution in [0.4, 0.5) is 4.39 Å². The third kappa shape index (κ3) is 5.29. The summed E-state index contributed by atoms with van der Waals surface area (Å²) in [6.45, 7) is 5.47. The molecule has 156 valence electrons. The Bertz CT molecular complexity index is 889. The predicted octanol–water partition coefficient (Wildman–Crippen LogP) is 2.92. The Hall–Kier alpha value is -3.00. The zero-order chi connectivity index (χ0) is 21.6. The van der Waals surface area contributed by atoms with Crippen LogP contribution in [0.2, 0.25) is 0 Å². The maximum absolute atomic E-state index is 13.2. The second-order valence-electron chi connectivity index (χ2n) is 6.50. The summed E-state index contributed by atoms with van der Waals surface area (Å²) in [6.07, 6.45) is 0. The summed E-state index contributed by atoms with van der Waals surface area (Å²) in [4.78, 5) is 42.1. The van der Waals surface area contributed by atoms with Crippen LogP contribution in [0.5, 0.6) is 0 Å². The Balaban J connectivity index is 2.27. The summed E-state index contributed by atoms with van der Waals surface area (Å²) >= 11 is 0. The first-order chi connectivity index (χ1) is 13.8. The molecule has 8 heteroatoms. The van der Waals surface area contributed by atoms with E-state index in [1.165, 1.54) is 36.3 Å². The molecular formula is C21H25FN2O5. The van der Waals surface area contributed by atoms with Crippen molar-refractivity contribution in [1.29, 1.82) is 0 Å². The molecule has 0 unspecified atom stereocenters. The van der Waals surface area contributed by atoms with Gasteiger partial charge in [-0.05, 0) is 50.6 Å². The van der Waals surface area contributed by atoms with Crippen LogP contribution < -0.4 is 0 Å². The van der Waals surface area contributed by atoms with Crippen LogP contribution in [0.1, 0.15) is 49.4 Å². The van der Waals surface area contributed by atoms with E-state index in [4.69, 9.17) is 9.47 Å². The Labute approximate surface area is 168 Å². The number of H-pyrrole nitrogens is 1. The lowest BCUT2D eigenvalue weighted by Crippen LogP contribution is -2.38. The number of aryl methyl sites for hydroxylation is 1. The SMILES string of the molecule is CCOC(=O)c1[nH]c(C)c(C(=O)CN(CCOC)C(=O)c2ccc(F)cc2)c1C. The van der Waals surface area contributed by atoms with E-state index in [9.17, 15) is 18.8 Å². The van der Waals surface area contributed by atoms with E-state index in [0.717, 1.165) is 0 Å². The van der Waals surface area contributed by atoms with Gasteiger partial charge in [-0.3, -0.25) is 9.59 Å². The van der Waals surface area contributed by atoms with Crippen molar-refractivity contribution in [2.24, 2.45) is 0 Å². The van der Waals surface area contributed by atoms with Gasteiger partial charge in [-0.15, -0.1) is 0 Å². The first-order valence-electron chi connectivity index (χ1n) is 9.23. The third-order valence-corrected chi connectivity index (χ3v) is 4.47. The molecule has 2 rings (SSSR count). The van der Waals surface area contributed by atoms with E-state index in [0.29, 0.717) is 16.8 Å². The fraction of sp³-hybridized carbons (Fsp3) is 0.381. The number of esters is 1. The number of carbonyl (C=O) groups excluding carboxylic acids is 3. The molecular weight excluding hydrogens is 379 g/mol. The number of aromatic amines is 1. The van der Waals surface area contributed by atoms with Gasteiger partial charge in [-0.2, -0.15) is 0 Å². The Morgan fingerprint density at radius 3 is 2.38 bits per heavy atom. The molecule has 1 amide bonds. The molecule has 0 aliphatic heterocycles. The molecule has 1 heterocycles. The molecule has 0 spiro atoms. The Morgan fingerprint density at radius 2 is 1.79 bits per heavy atom. The second kappa shape index (κ2) is 9.97. The number of hydrogen-bond acceptors (Lipinski definition) is 5. The summed E-state index contributed by atoms with van der Waals surface area (Å²) < 4.78 is 23.2. The number of ketones is 1. The van der Waals surface area contributed by atoms with Crippen molar-refractivity contribution in [2.75, 3.05) is 33.4 Å². The first-order valence-corrected chi connectivity index (χ1v) is 9.23. The molecule has 0 fully saturated rings. The molecule has 0 bridgehead atoms. The van der Waals surface area contributed by atoms with Crippen molar-refractivity contribution >= 4 is 17.7 Å². The molecule has 1 N–H and O–H groups in total. The predicted molar refractivity (Wildman–Crippen MR) is 105 cm³/mol. The highest BCUT2D eigenvalue weighted by molar-refractivity contribution is 6.05. The second-order valence-corrected chi connectivity index (χ2v) is 6.50. The fourth-order valence-electron chi connectivity index (χ4n) is 3.06. The average molecular weight is 404 g/mol. The molecule has 0 aliphatic carbocycles. The number of nitrogens with one attached hydrogen (secondary N) is 1. The van der Waals surface area contributed by atoms with Crippen LogP contribution in [0.3, 0.4) is 0 Å². The highest BCUT2D eigenvalue weighted by atomic mass is 19.1.